The third-order valence-corrected chi connectivity index (χ3v) is 2.64. The number of nitrogens with two attached hydrogens (primary N) is 1. The normalized spacial score (nSPS) is 10.9. The third kappa shape index (κ3) is 3.78. The van der Waals surface area contributed by atoms with Crippen LogP contribution in [0.5, 0.6) is 0 Å². The molecule has 0 aliphatic rings. The zero-order valence-corrected chi connectivity index (χ0v) is 11.5. The van der Waals surface area contributed by atoms with Gasteiger partial charge in [-0.1, -0.05) is 20.8 Å². The topological polar surface area (TPSA) is 113 Å². The highest BCUT2D eigenvalue weighted by atomic mass is 16.6. The highest BCUT2D eigenvalue weighted by Crippen LogP contribution is 2.21. The summed E-state index contributed by atoms with van der Waals surface area (Å²) in [6.45, 7) is 4.70. The van der Waals surface area contributed by atoms with Crippen LogP contribution in [-0.2, 0) is 9.53 Å². The first kappa shape index (κ1) is 15.6. The smallest absolute Gasteiger partial charge is 0.340 e. The summed E-state index contributed by atoms with van der Waals surface area (Å²) in [5.74, 6) is -1.11. The number of esters is 1. The zero-order valence-electron chi connectivity index (χ0n) is 11.5. The molecule has 7 nitrogen and oxygen atoms in total. The number of ether oxygens (including phenoxy) is 1. The second kappa shape index (κ2) is 5.68. The van der Waals surface area contributed by atoms with E-state index in [0.29, 0.717) is 0 Å². The molecule has 0 saturated heterocycles. The number of carbonyl (C=O) groups is 2. The quantitative estimate of drug-likeness (QED) is 0.390. The maximum atomic E-state index is 11.8. The molecule has 1 aromatic carbocycles. The van der Waals surface area contributed by atoms with E-state index < -0.39 is 22.9 Å². The molecule has 0 aliphatic carbocycles. The fourth-order valence-corrected chi connectivity index (χ4v) is 1.26. The molecular weight excluding hydrogens is 264 g/mol. The van der Waals surface area contributed by atoms with E-state index in [1.54, 1.807) is 20.8 Å². The van der Waals surface area contributed by atoms with Crippen LogP contribution < -0.4 is 5.73 Å². The number of carbonyl (C=O) groups excluding carboxylic acids is 2. The maximum absolute atomic E-state index is 11.8. The van der Waals surface area contributed by atoms with E-state index in [2.05, 4.69) is 0 Å². The van der Waals surface area contributed by atoms with Gasteiger partial charge in [0.15, 0.2) is 12.4 Å². The molecule has 0 atom stereocenters. The average molecular weight is 280 g/mol. The molecule has 0 amide bonds. The number of nitro groups is 1. The Morgan fingerprint density at radius 2 is 1.95 bits per heavy atom. The average Bonchev–Trinajstić information content (AvgIpc) is 2.34. The number of nitrogens with zero attached hydrogens (tertiary/aromatic N) is 1. The summed E-state index contributed by atoms with van der Waals surface area (Å²) in [4.78, 5) is 33.4. The van der Waals surface area contributed by atoms with E-state index in [1.807, 2.05) is 0 Å². The lowest BCUT2D eigenvalue weighted by molar-refractivity contribution is -0.384. The first-order valence-corrected chi connectivity index (χ1v) is 5.87. The van der Waals surface area contributed by atoms with Crippen LogP contribution in [0, 0.1) is 15.5 Å². The fraction of sp³-hybridized carbons (Fsp3) is 0.385. The molecule has 1 aromatic rings. The van der Waals surface area contributed by atoms with Crippen LogP contribution in [0.15, 0.2) is 18.2 Å². The van der Waals surface area contributed by atoms with E-state index in [4.69, 9.17) is 10.5 Å². The van der Waals surface area contributed by atoms with Crippen molar-refractivity contribution in [3.8, 4) is 0 Å². The summed E-state index contributed by atoms with van der Waals surface area (Å²) in [6.07, 6.45) is 0. The van der Waals surface area contributed by atoms with Crippen LogP contribution in [0.2, 0.25) is 0 Å². The van der Waals surface area contributed by atoms with E-state index in [0.717, 1.165) is 6.07 Å². The van der Waals surface area contributed by atoms with Gasteiger partial charge in [0.2, 0.25) is 0 Å². The van der Waals surface area contributed by atoms with E-state index in [1.165, 1.54) is 12.1 Å². The Bertz CT molecular complexity index is 560. The van der Waals surface area contributed by atoms with Crippen molar-refractivity contribution in [2.45, 2.75) is 20.8 Å². The molecule has 0 spiro atoms. The van der Waals surface area contributed by atoms with Crippen molar-refractivity contribution in [1.82, 2.24) is 0 Å². The molecule has 0 bridgehead atoms. The Hall–Kier alpha value is -2.44. The van der Waals surface area contributed by atoms with Crippen molar-refractivity contribution < 1.29 is 19.2 Å². The number of ketones is 1. The molecule has 0 aromatic heterocycles. The first-order chi connectivity index (χ1) is 9.12. The van der Waals surface area contributed by atoms with Crippen LogP contribution in [-0.4, -0.2) is 23.3 Å². The van der Waals surface area contributed by atoms with Gasteiger partial charge in [0, 0.05) is 23.2 Å². The summed E-state index contributed by atoms with van der Waals surface area (Å²) < 4.78 is 4.84. The van der Waals surface area contributed by atoms with Gasteiger partial charge in [-0.3, -0.25) is 14.9 Å². The van der Waals surface area contributed by atoms with Gasteiger partial charge in [-0.2, -0.15) is 0 Å². The molecule has 0 aliphatic heterocycles. The number of Topliss-reactive ketones (excluding diaryl/α,β-unsaturated/α-hetero) is 1. The number of rotatable bonds is 4. The van der Waals surface area contributed by atoms with Crippen molar-refractivity contribution in [2.24, 2.45) is 5.41 Å². The molecule has 20 heavy (non-hydrogen) atoms. The van der Waals surface area contributed by atoms with Crippen molar-refractivity contribution in [1.29, 1.82) is 0 Å². The van der Waals surface area contributed by atoms with Crippen molar-refractivity contribution in [3.63, 3.8) is 0 Å². The van der Waals surface area contributed by atoms with Gasteiger partial charge >= 0.3 is 5.97 Å². The van der Waals surface area contributed by atoms with E-state index >= 15 is 0 Å². The highest BCUT2D eigenvalue weighted by Gasteiger charge is 2.24. The van der Waals surface area contributed by atoms with E-state index in [9.17, 15) is 19.7 Å². The summed E-state index contributed by atoms with van der Waals surface area (Å²) in [5, 5.41) is 10.6. The number of hydrogen-bond donors (Lipinski definition) is 1. The van der Waals surface area contributed by atoms with Crippen LogP contribution in [0.1, 0.15) is 31.1 Å². The minimum absolute atomic E-state index is 0.0591. The van der Waals surface area contributed by atoms with Gasteiger partial charge in [-0.25, -0.2) is 4.79 Å². The molecule has 108 valence electrons. The standard InChI is InChI=1S/C13H16N2O5/c1-13(2,3)11(16)7-20-12(17)9-6-8(15(18)19)4-5-10(9)14/h4-6H,7,14H2,1-3H3. The SMILES string of the molecule is CC(C)(C)C(=O)COC(=O)c1cc([N+](=O)[O-])ccc1N. The molecule has 2 N–H and O–H groups in total. The van der Waals surface area contributed by atoms with Crippen molar-refractivity contribution >= 4 is 23.1 Å². The molecule has 0 radical (unpaired) electrons. The van der Waals surface area contributed by atoms with Gasteiger partial charge in [-0.05, 0) is 6.07 Å². The summed E-state index contributed by atoms with van der Waals surface area (Å²) >= 11 is 0. The minimum atomic E-state index is -0.858. The van der Waals surface area contributed by atoms with Gasteiger partial charge in [0.05, 0.1) is 10.5 Å². The molecule has 1 rings (SSSR count). The number of benzene rings is 1. The molecule has 0 unspecified atom stereocenters. The Kier molecular flexibility index (Phi) is 4.44. The van der Waals surface area contributed by atoms with Gasteiger partial charge < -0.3 is 10.5 Å². The molecule has 7 heteroatoms. The zero-order chi connectivity index (χ0) is 15.5. The monoisotopic (exact) mass is 280 g/mol. The Morgan fingerprint density at radius 1 is 1.35 bits per heavy atom. The Labute approximate surface area is 115 Å². The highest BCUT2D eigenvalue weighted by molar-refractivity contribution is 5.97. The molecule has 0 saturated carbocycles. The van der Waals surface area contributed by atoms with Gasteiger partial charge in [0.25, 0.3) is 5.69 Å². The second-order valence-corrected chi connectivity index (χ2v) is 5.28. The summed E-state index contributed by atoms with van der Waals surface area (Å²) in [6, 6.07) is 3.46. The molecule has 0 heterocycles. The lowest BCUT2D eigenvalue weighted by atomic mass is 9.91. The summed E-state index contributed by atoms with van der Waals surface area (Å²) in [7, 11) is 0. The molecule has 0 fully saturated rings. The third-order valence-electron chi connectivity index (χ3n) is 2.64. The predicted octanol–water partition coefficient (Wildman–Crippen LogP) is 1.95. The second-order valence-electron chi connectivity index (χ2n) is 5.28. The fourth-order valence-electron chi connectivity index (χ4n) is 1.26. The lowest BCUT2D eigenvalue weighted by Crippen LogP contribution is -2.26. The molecular formula is C13H16N2O5. The minimum Gasteiger partial charge on any atom is -0.454 e. The summed E-state index contributed by atoms with van der Waals surface area (Å²) in [5.41, 5.74) is 4.61. The van der Waals surface area contributed by atoms with Gasteiger partial charge in [-0.15, -0.1) is 0 Å². The van der Waals surface area contributed by atoms with Crippen LogP contribution in [0.4, 0.5) is 11.4 Å². The number of hydrogen-bond acceptors (Lipinski definition) is 6. The Balaban J connectivity index is 2.85. The predicted molar refractivity (Wildman–Crippen MR) is 72.3 cm³/mol. The van der Waals surface area contributed by atoms with Gasteiger partial charge in [0.1, 0.15) is 0 Å². The first-order valence-electron chi connectivity index (χ1n) is 5.87. The lowest BCUT2D eigenvalue weighted by Gasteiger charge is -2.16. The number of nitro benzene ring substituents is 1. The number of anilines is 1. The Morgan fingerprint density at radius 3 is 2.45 bits per heavy atom. The van der Waals surface area contributed by atoms with Crippen molar-refractivity contribution in [2.75, 3.05) is 12.3 Å². The van der Waals surface area contributed by atoms with Crippen LogP contribution >= 0.6 is 0 Å². The maximum Gasteiger partial charge on any atom is 0.340 e. The number of nitrogen functional groups attached to an aromatic ring is 1. The van der Waals surface area contributed by atoms with Crippen LogP contribution in [0.25, 0.3) is 0 Å². The largest absolute Gasteiger partial charge is 0.454 e. The number of non-ortho nitro benzene ring substituents is 1. The van der Waals surface area contributed by atoms with Crippen molar-refractivity contribution in [3.05, 3.63) is 33.9 Å². The van der Waals surface area contributed by atoms with Crippen LogP contribution in [0.3, 0.4) is 0 Å². The van der Waals surface area contributed by atoms with E-state index in [-0.39, 0.29) is 22.7 Å².